The Morgan fingerprint density at radius 3 is 2.52 bits per heavy atom. The van der Waals surface area contributed by atoms with Crippen LogP contribution in [0.5, 0.6) is 11.5 Å². The van der Waals surface area contributed by atoms with E-state index in [0.29, 0.717) is 5.75 Å². The molecule has 2 aromatic rings. The van der Waals surface area contributed by atoms with E-state index in [2.05, 4.69) is 5.32 Å². The Morgan fingerprint density at radius 2 is 1.91 bits per heavy atom. The topological polar surface area (TPSA) is 90.7 Å². The maximum absolute atomic E-state index is 13.3. The molecule has 0 bridgehead atoms. The van der Waals surface area contributed by atoms with Crippen molar-refractivity contribution in [3.63, 3.8) is 0 Å². The summed E-state index contributed by atoms with van der Waals surface area (Å²) in [5.41, 5.74) is -0.411. The molecule has 0 aliphatic carbocycles. The molecule has 120 valence electrons. The molecule has 0 fully saturated rings. The fourth-order valence-electron chi connectivity index (χ4n) is 1.91. The molecule has 1 amide bonds. The van der Waals surface area contributed by atoms with E-state index < -0.39 is 22.3 Å². The highest BCUT2D eigenvalue weighted by molar-refractivity contribution is 6.06. The van der Waals surface area contributed by atoms with Crippen molar-refractivity contribution in [3.8, 4) is 11.5 Å². The lowest BCUT2D eigenvalue weighted by Gasteiger charge is -2.11. The van der Waals surface area contributed by atoms with Crippen LogP contribution in [0.1, 0.15) is 10.4 Å². The Hall–Kier alpha value is -3.16. The number of nitrogens with zero attached hydrogens (tertiary/aromatic N) is 1. The maximum Gasteiger partial charge on any atom is 0.306 e. The van der Waals surface area contributed by atoms with Crippen LogP contribution in [0.4, 0.5) is 15.8 Å². The number of methoxy groups -OCH3 is 2. The standard InChI is InChI=1S/C15H13FN2O5/c1-22-10-4-5-11(14(8-10)23-2)15(19)17-9-3-6-12(16)13(7-9)18(20)21/h3-8H,1-2H3,(H,17,19). The number of carbonyl (C=O) groups excluding carboxylic acids is 1. The fourth-order valence-corrected chi connectivity index (χ4v) is 1.91. The van der Waals surface area contributed by atoms with Crippen LogP contribution in [-0.2, 0) is 0 Å². The minimum atomic E-state index is -0.977. The lowest BCUT2D eigenvalue weighted by atomic mass is 10.1. The van der Waals surface area contributed by atoms with Gasteiger partial charge in [-0.25, -0.2) is 0 Å². The van der Waals surface area contributed by atoms with Crippen molar-refractivity contribution >= 4 is 17.3 Å². The van der Waals surface area contributed by atoms with Crippen LogP contribution in [-0.4, -0.2) is 25.1 Å². The van der Waals surface area contributed by atoms with E-state index in [1.165, 1.54) is 32.4 Å². The summed E-state index contributed by atoms with van der Waals surface area (Å²) in [4.78, 5) is 22.1. The van der Waals surface area contributed by atoms with Crippen LogP contribution >= 0.6 is 0 Å². The molecule has 0 atom stereocenters. The largest absolute Gasteiger partial charge is 0.497 e. The van der Waals surface area contributed by atoms with Gasteiger partial charge >= 0.3 is 5.69 Å². The predicted octanol–water partition coefficient (Wildman–Crippen LogP) is 3.00. The Bertz CT molecular complexity index is 764. The number of rotatable bonds is 5. The van der Waals surface area contributed by atoms with Gasteiger partial charge in [-0.05, 0) is 24.3 Å². The summed E-state index contributed by atoms with van der Waals surface area (Å²) >= 11 is 0. The van der Waals surface area contributed by atoms with E-state index >= 15 is 0 Å². The summed E-state index contributed by atoms with van der Waals surface area (Å²) in [7, 11) is 2.88. The first-order valence-electron chi connectivity index (χ1n) is 6.43. The molecule has 0 unspecified atom stereocenters. The number of benzene rings is 2. The lowest BCUT2D eigenvalue weighted by Crippen LogP contribution is -2.13. The van der Waals surface area contributed by atoms with Crippen molar-refractivity contribution in [2.24, 2.45) is 0 Å². The third-order valence-corrected chi connectivity index (χ3v) is 3.05. The second kappa shape index (κ2) is 6.73. The highest BCUT2D eigenvalue weighted by Gasteiger charge is 2.17. The smallest absolute Gasteiger partial charge is 0.306 e. The summed E-state index contributed by atoms with van der Waals surface area (Å²) in [6.45, 7) is 0. The summed E-state index contributed by atoms with van der Waals surface area (Å²) in [6.07, 6.45) is 0. The SMILES string of the molecule is COc1ccc(C(=O)Nc2ccc(F)c([N+](=O)[O-])c2)c(OC)c1. The molecule has 0 aromatic heterocycles. The Balaban J connectivity index is 2.29. The normalized spacial score (nSPS) is 10.0. The average Bonchev–Trinajstić information content (AvgIpc) is 2.55. The van der Waals surface area contributed by atoms with Gasteiger partial charge in [0, 0.05) is 17.8 Å². The third kappa shape index (κ3) is 3.54. The van der Waals surface area contributed by atoms with Crippen LogP contribution in [0.25, 0.3) is 0 Å². The number of nitro groups is 1. The van der Waals surface area contributed by atoms with Crippen molar-refractivity contribution in [1.29, 1.82) is 0 Å². The van der Waals surface area contributed by atoms with Gasteiger partial charge in [-0.15, -0.1) is 0 Å². The van der Waals surface area contributed by atoms with Gasteiger partial charge in [0.1, 0.15) is 11.5 Å². The number of halogens is 1. The van der Waals surface area contributed by atoms with Gasteiger partial charge in [0.2, 0.25) is 5.82 Å². The number of ether oxygens (including phenoxy) is 2. The van der Waals surface area contributed by atoms with Crippen molar-refractivity contribution in [3.05, 3.63) is 57.9 Å². The van der Waals surface area contributed by atoms with Crippen molar-refractivity contribution in [2.45, 2.75) is 0 Å². The van der Waals surface area contributed by atoms with Crippen LogP contribution in [0.2, 0.25) is 0 Å². The maximum atomic E-state index is 13.3. The van der Waals surface area contributed by atoms with Crippen LogP contribution < -0.4 is 14.8 Å². The lowest BCUT2D eigenvalue weighted by molar-refractivity contribution is -0.387. The van der Waals surface area contributed by atoms with Gasteiger partial charge < -0.3 is 14.8 Å². The monoisotopic (exact) mass is 320 g/mol. The zero-order valence-corrected chi connectivity index (χ0v) is 12.3. The zero-order valence-electron chi connectivity index (χ0n) is 12.3. The third-order valence-electron chi connectivity index (χ3n) is 3.05. The molecule has 0 saturated heterocycles. The Kier molecular flexibility index (Phi) is 4.75. The predicted molar refractivity (Wildman–Crippen MR) is 80.6 cm³/mol. The second-order valence-corrected chi connectivity index (χ2v) is 4.44. The number of amides is 1. The summed E-state index contributed by atoms with van der Waals surface area (Å²) in [5.74, 6) is -0.741. The van der Waals surface area contributed by atoms with Gasteiger partial charge in [0.05, 0.1) is 24.7 Å². The summed E-state index contributed by atoms with van der Waals surface area (Å²) in [6, 6.07) is 7.69. The first-order valence-corrected chi connectivity index (χ1v) is 6.43. The molecule has 0 spiro atoms. The molecule has 0 saturated carbocycles. The highest BCUT2D eigenvalue weighted by Crippen LogP contribution is 2.26. The number of hydrogen-bond acceptors (Lipinski definition) is 5. The molecule has 0 aliphatic rings. The molecule has 0 heterocycles. The zero-order chi connectivity index (χ0) is 17.0. The molecule has 1 N–H and O–H groups in total. The van der Waals surface area contributed by atoms with Gasteiger partial charge in [0.25, 0.3) is 5.91 Å². The fraction of sp³-hybridized carbons (Fsp3) is 0.133. The molecule has 8 heteroatoms. The van der Waals surface area contributed by atoms with Crippen LogP contribution in [0.15, 0.2) is 36.4 Å². The first kappa shape index (κ1) is 16.2. The molecule has 2 aromatic carbocycles. The Morgan fingerprint density at radius 1 is 1.17 bits per heavy atom. The molecule has 2 rings (SSSR count). The van der Waals surface area contributed by atoms with E-state index in [0.717, 1.165) is 12.1 Å². The Labute approximate surface area is 130 Å². The number of carbonyl (C=O) groups is 1. The first-order chi connectivity index (χ1) is 11.0. The molecular weight excluding hydrogens is 307 g/mol. The van der Waals surface area contributed by atoms with E-state index in [1.54, 1.807) is 6.07 Å². The summed E-state index contributed by atoms with van der Waals surface area (Å²) in [5, 5.41) is 13.2. The number of nitrogens with one attached hydrogen (secondary N) is 1. The number of nitro benzene ring substituents is 1. The highest BCUT2D eigenvalue weighted by atomic mass is 19.1. The van der Waals surface area contributed by atoms with Crippen molar-refractivity contribution in [1.82, 2.24) is 0 Å². The molecule has 23 heavy (non-hydrogen) atoms. The van der Waals surface area contributed by atoms with Gasteiger partial charge in [-0.2, -0.15) is 4.39 Å². The van der Waals surface area contributed by atoms with Gasteiger partial charge in [-0.1, -0.05) is 0 Å². The van der Waals surface area contributed by atoms with Crippen molar-refractivity contribution in [2.75, 3.05) is 19.5 Å². The minimum Gasteiger partial charge on any atom is -0.497 e. The molecule has 7 nitrogen and oxygen atoms in total. The van der Waals surface area contributed by atoms with Gasteiger partial charge in [0.15, 0.2) is 0 Å². The molecule has 0 radical (unpaired) electrons. The van der Waals surface area contributed by atoms with E-state index in [9.17, 15) is 19.3 Å². The van der Waals surface area contributed by atoms with Gasteiger partial charge in [-0.3, -0.25) is 14.9 Å². The number of anilines is 1. The second-order valence-electron chi connectivity index (χ2n) is 4.44. The quantitative estimate of drug-likeness (QED) is 0.675. The average molecular weight is 320 g/mol. The van der Waals surface area contributed by atoms with Crippen LogP contribution in [0.3, 0.4) is 0 Å². The number of hydrogen-bond donors (Lipinski definition) is 1. The van der Waals surface area contributed by atoms with Crippen LogP contribution in [0, 0.1) is 15.9 Å². The molecular formula is C15H13FN2O5. The van der Waals surface area contributed by atoms with E-state index in [-0.39, 0.29) is 17.0 Å². The molecule has 0 aliphatic heterocycles. The summed E-state index contributed by atoms with van der Waals surface area (Å²) < 4.78 is 23.4. The van der Waals surface area contributed by atoms with Crippen molar-refractivity contribution < 1.29 is 23.6 Å². The van der Waals surface area contributed by atoms with E-state index in [1.807, 2.05) is 0 Å². The van der Waals surface area contributed by atoms with E-state index in [4.69, 9.17) is 9.47 Å². The minimum absolute atomic E-state index is 0.0981.